The summed E-state index contributed by atoms with van der Waals surface area (Å²) in [5.74, 6) is -1.22. The van der Waals surface area contributed by atoms with Gasteiger partial charge in [0.05, 0.1) is 10.9 Å². The minimum atomic E-state index is -0.487. The predicted octanol–water partition coefficient (Wildman–Crippen LogP) is 0.309. The van der Waals surface area contributed by atoms with Gasteiger partial charge in [-0.2, -0.15) is 0 Å². The van der Waals surface area contributed by atoms with Crippen LogP contribution in [0, 0.1) is 0 Å². The van der Waals surface area contributed by atoms with Crippen molar-refractivity contribution in [2.24, 2.45) is 0 Å². The van der Waals surface area contributed by atoms with E-state index < -0.39 is 5.25 Å². The van der Waals surface area contributed by atoms with E-state index in [4.69, 9.17) is 0 Å². The van der Waals surface area contributed by atoms with E-state index in [1.165, 1.54) is 11.8 Å². The van der Waals surface area contributed by atoms with Crippen LogP contribution in [0.2, 0.25) is 0 Å². The summed E-state index contributed by atoms with van der Waals surface area (Å²) in [5, 5.41) is 2.35. The maximum absolute atomic E-state index is 12.7. The molecule has 2 fully saturated rings. The number of likely N-dealkylation sites (tertiary alicyclic amines) is 1. The Morgan fingerprint density at radius 1 is 0.933 bits per heavy atom. The Morgan fingerprint density at radius 3 is 2.20 bits per heavy atom. The van der Waals surface area contributed by atoms with E-state index >= 15 is 0 Å². The number of benzene rings is 1. The quantitative estimate of drug-likeness (QED) is 0.689. The third-order valence-corrected chi connectivity index (χ3v) is 6.78. The van der Waals surface area contributed by atoms with Crippen molar-refractivity contribution in [2.45, 2.75) is 29.4 Å². The Labute approximate surface area is 177 Å². The van der Waals surface area contributed by atoms with Crippen molar-refractivity contribution in [3.63, 3.8) is 0 Å². The largest absolute Gasteiger partial charge is 0.339 e. The van der Waals surface area contributed by atoms with Crippen LogP contribution in [0.1, 0.15) is 19.3 Å². The zero-order chi connectivity index (χ0) is 21.3. The van der Waals surface area contributed by atoms with E-state index in [1.807, 2.05) is 24.3 Å². The van der Waals surface area contributed by atoms with E-state index in [1.54, 1.807) is 9.80 Å². The number of piperazine rings is 1. The van der Waals surface area contributed by atoms with Crippen molar-refractivity contribution in [3.05, 3.63) is 24.3 Å². The van der Waals surface area contributed by atoms with Gasteiger partial charge in [0.1, 0.15) is 6.54 Å². The molecule has 1 aromatic carbocycles. The van der Waals surface area contributed by atoms with Crippen molar-refractivity contribution >= 4 is 47.0 Å². The van der Waals surface area contributed by atoms with Crippen molar-refractivity contribution in [1.29, 1.82) is 0 Å². The van der Waals surface area contributed by atoms with Crippen LogP contribution in [0.3, 0.4) is 0 Å². The summed E-state index contributed by atoms with van der Waals surface area (Å²) < 4.78 is 0. The van der Waals surface area contributed by atoms with Gasteiger partial charge in [-0.15, -0.1) is 11.8 Å². The van der Waals surface area contributed by atoms with E-state index in [2.05, 4.69) is 5.32 Å². The molecule has 0 saturated carbocycles. The number of thioether (sulfide) groups is 1. The highest BCUT2D eigenvalue weighted by Gasteiger charge is 2.34. The van der Waals surface area contributed by atoms with Gasteiger partial charge < -0.3 is 15.1 Å². The fourth-order valence-corrected chi connectivity index (χ4v) is 4.86. The number of para-hydroxylation sites is 1. The van der Waals surface area contributed by atoms with E-state index in [0.29, 0.717) is 26.2 Å². The van der Waals surface area contributed by atoms with Gasteiger partial charge in [0.25, 0.3) is 0 Å². The molecule has 1 atom stereocenters. The number of nitrogens with one attached hydrogen (secondary N) is 1. The number of hydrogen-bond donors (Lipinski definition) is 1. The monoisotopic (exact) mass is 430 g/mol. The minimum Gasteiger partial charge on any atom is -0.339 e. The molecular formula is C20H22N4O5S. The van der Waals surface area contributed by atoms with Crippen molar-refractivity contribution in [3.8, 4) is 0 Å². The van der Waals surface area contributed by atoms with Crippen LogP contribution in [-0.2, 0) is 24.0 Å². The SMILES string of the molecule is O=C1Nc2ccccc2SC1CC(=O)N1CCN(C(=O)CN2C(=O)CCC2=O)CC1. The second kappa shape index (κ2) is 8.47. The topological polar surface area (TPSA) is 107 Å². The molecule has 1 aromatic rings. The van der Waals surface area contributed by atoms with Gasteiger partial charge in [0.15, 0.2) is 0 Å². The van der Waals surface area contributed by atoms with E-state index in [0.717, 1.165) is 15.5 Å². The number of carbonyl (C=O) groups excluding carboxylic acids is 5. The summed E-state index contributed by atoms with van der Waals surface area (Å²) in [7, 11) is 0. The Morgan fingerprint density at radius 2 is 1.53 bits per heavy atom. The molecule has 3 aliphatic heterocycles. The normalized spacial score (nSPS) is 21.5. The minimum absolute atomic E-state index is 0.0928. The highest BCUT2D eigenvalue weighted by molar-refractivity contribution is 8.01. The van der Waals surface area contributed by atoms with Crippen LogP contribution in [0.15, 0.2) is 29.2 Å². The standard InChI is InChI=1S/C20H22N4O5S/c25-16-5-6-17(26)24(16)12-19(28)23-9-7-22(8-10-23)18(27)11-15-20(29)21-13-3-1-2-4-14(13)30-15/h1-4,15H,5-12H2,(H,21,29). The molecule has 9 nitrogen and oxygen atoms in total. The number of hydrogen-bond acceptors (Lipinski definition) is 6. The van der Waals surface area contributed by atoms with Gasteiger partial charge in [-0.25, -0.2) is 0 Å². The van der Waals surface area contributed by atoms with Gasteiger partial charge in [0.2, 0.25) is 29.5 Å². The average Bonchev–Trinajstić information content (AvgIpc) is 3.06. The molecule has 0 bridgehead atoms. The molecule has 0 radical (unpaired) electrons. The van der Waals surface area contributed by atoms with Crippen LogP contribution in [0.4, 0.5) is 5.69 Å². The van der Waals surface area contributed by atoms with Crippen LogP contribution in [0.5, 0.6) is 0 Å². The van der Waals surface area contributed by atoms with Gasteiger partial charge in [-0.1, -0.05) is 12.1 Å². The third kappa shape index (κ3) is 4.18. The summed E-state index contributed by atoms with van der Waals surface area (Å²) in [4.78, 5) is 66.0. The van der Waals surface area contributed by atoms with Crippen LogP contribution < -0.4 is 5.32 Å². The van der Waals surface area contributed by atoms with E-state index in [-0.39, 0.29) is 55.3 Å². The molecule has 3 heterocycles. The number of fused-ring (bicyclic) bond motifs is 1. The molecule has 0 spiro atoms. The molecular weight excluding hydrogens is 408 g/mol. The molecule has 5 amide bonds. The lowest BCUT2D eigenvalue weighted by Gasteiger charge is -2.36. The number of rotatable bonds is 4. The van der Waals surface area contributed by atoms with Crippen molar-refractivity contribution in [1.82, 2.24) is 14.7 Å². The first-order valence-corrected chi connectivity index (χ1v) is 10.8. The van der Waals surface area contributed by atoms with Crippen LogP contribution in [-0.4, -0.2) is 82.2 Å². The van der Waals surface area contributed by atoms with Crippen LogP contribution >= 0.6 is 11.8 Å². The number of anilines is 1. The Hall–Kier alpha value is -2.88. The first kappa shape index (κ1) is 20.4. The summed E-state index contributed by atoms with van der Waals surface area (Å²) in [5.41, 5.74) is 0.762. The fourth-order valence-electron chi connectivity index (χ4n) is 3.75. The number of imide groups is 1. The maximum Gasteiger partial charge on any atom is 0.242 e. The zero-order valence-corrected chi connectivity index (χ0v) is 17.2. The van der Waals surface area contributed by atoms with E-state index in [9.17, 15) is 24.0 Å². The van der Waals surface area contributed by atoms with Gasteiger partial charge in [0, 0.05) is 50.3 Å². The number of carbonyl (C=O) groups is 5. The van der Waals surface area contributed by atoms with Gasteiger partial charge >= 0.3 is 0 Å². The molecule has 0 aromatic heterocycles. The fraction of sp³-hybridized carbons (Fsp3) is 0.450. The third-order valence-electron chi connectivity index (χ3n) is 5.50. The van der Waals surface area contributed by atoms with Crippen molar-refractivity contribution in [2.75, 3.05) is 38.0 Å². The second-order valence-corrected chi connectivity index (χ2v) is 8.68. The summed E-state index contributed by atoms with van der Waals surface area (Å²) >= 11 is 1.39. The van der Waals surface area contributed by atoms with Crippen molar-refractivity contribution < 1.29 is 24.0 Å². The first-order valence-electron chi connectivity index (χ1n) is 9.87. The lowest BCUT2D eigenvalue weighted by Crippen LogP contribution is -2.53. The number of amides is 5. The predicted molar refractivity (Wildman–Crippen MR) is 108 cm³/mol. The highest BCUT2D eigenvalue weighted by atomic mass is 32.2. The van der Waals surface area contributed by atoms with Gasteiger partial charge in [-0.3, -0.25) is 28.9 Å². The Balaban J connectivity index is 1.27. The molecule has 30 heavy (non-hydrogen) atoms. The molecule has 158 valence electrons. The second-order valence-electron chi connectivity index (χ2n) is 7.43. The molecule has 4 rings (SSSR count). The molecule has 0 aliphatic carbocycles. The molecule has 1 N–H and O–H groups in total. The summed E-state index contributed by atoms with van der Waals surface area (Å²) in [6.45, 7) is 1.18. The smallest absolute Gasteiger partial charge is 0.242 e. The lowest BCUT2D eigenvalue weighted by atomic mass is 10.2. The highest BCUT2D eigenvalue weighted by Crippen LogP contribution is 2.36. The van der Waals surface area contributed by atoms with Crippen LogP contribution in [0.25, 0.3) is 0 Å². The molecule has 10 heteroatoms. The summed E-state index contributed by atoms with van der Waals surface area (Å²) in [6.07, 6.45) is 0.410. The number of nitrogens with zero attached hydrogens (tertiary/aromatic N) is 3. The first-order chi connectivity index (χ1) is 14.4. The average molecular weight is 430 g/mol. The Kier molecular flexibility index (Phi) is 5.76. The maximum atomic E-state index is 12.7. The zero-order valence-electron chi connectivity index (χ0n) is 16.3. The Bertz CT molecular complexity index is 896. The lowest BCUT2D eigenvalue weighted by molar-refractivity contribution is -0.147. The summed E-state index contributed by atoms with van der Waals surface area (Å²) in [6, 6.07) is 7.48. The molecule has 1 unspecified atom stereocenters. The van der Waals surface area contributed by atoms with Gasteiger partial charge in [-0.05, 0) is 12.1 Å². The molecule has 2 saturated heterocycles. The molecule has 3 aliphatic rings.